The van der Waals surface area contributed by atoms with Gasteiger partial charge in [0.05, 0.1) is 13.2 Å². The molecule has 2 atom stereocenters. The number of hydrogen-bond donors (Lipinski definition) is 1. The Balaban J connectivity index is 1.82. The molecular weight excluding hydrogens is 228 g/mol. The van der Waals surface area contributed by atoms with Gasteiger partial charge in [-0.25, -0.2) is 0 Å². The van der Waals surface area contributed by atoms with E-state index >= 15 is 0 Å². The Morgan fingerprint density at radius 3 is 2.94 bits per heavy atom. The molecule has 0 bridgehead atoms. The van der Waals surface area contributed by atoms with Gasteiger partial charge in [0.2, 0.25) is 0 Å². The summed E-state index contributed by atoms with van der Waals surface area (Å²) in [4.78, 5) is 4.97. The lowest BCUT2D eigenvalue weighted by atomic mass is 9.87. The standard InChI is InChI=1S/C14H28N2O2/c1-3-16-7-4-5-13(16)9-15(2)10-14(11-17)6-8-18-12-14/h13,17H,3-12H2,1-2H3. The molecule has 4 heteroatoms. The molecule has 0 amide bonds. The first-order valence-corrected chi connectivity index (χ1v) is 7.30. The number of hydrogen-bond acceptors (Lipinski definition) is 4. The van der Waals surface area contributed by atoms with E-state index in [9.17, 15) is 5.11 Å². The monoisotopic (exact) mass is 256 g/mol. The van der Waals surface area contributed by atoms with Crippen molar-refractivity contribution in [1.82, 2.24) is 9.80 Å². The molecule has 2 aliphatic rings. The highest BCUT2D eigenvalue weighted by Gasteiger charge is 2.36. The molecule has 0 aromatic carbocycles. The van der Waals surface area contributed by atoms with Crippen molar-refractivity contribution in [2.45, 2.75) is 32.2 Å². The third kappa shape index (κ3) is 3.23. The van der Waals surface area contributed by atoms with Gasteiger partial charge in [0.15, 0.2) is 0 Å². The van der Waals surface area contributed by atoms with E-state index in [0.717, 1.165) is 39.3 Å². The van der Waals surface area contributed by atoms with Crippen LogP contribution < -0.4 is 0 Å². The van der Waals surface area contributed by atoms with Crippen molar-refractivity contribution in [3.63, 3.8) is 0 Å². The summed E-state index contributed by atoms with van der Waals surface area (Å²) in [6, 6.07) is 0.707. The highest BCUT2D eigenvalue weighted by atomic mass is 16.5. The van der Waals surface area contributed by atoms with Gasteiger partial charge < -0.3 is 14.7 Å². The van der Waals surface area contributed by atoms with Gasteiger partial charge >= 0.3 is 0 Å². The lowest BCUT2D eigenvalue weighted by molar-refractivity contribution is 0.0573. The van der Waals surface area contributed by atoms with Crippen LogP contribution in [0.4, 0.5) is 0 Å². The first kappa shape index (κ1) is 14.3. The third-order valence-electron chi connectivity index (χ3n) is 4.55. The smallest absolute Gasteiger partial charge is 0.0557 e. The maximum Gasteiger partial charge on any atom is 0.0557 e. The molecule has 2 saturated heterocycles. The number of likely N-dealkylation sites (N-methyl/N-ethyl adjacent to an activating group) is 2. The molecule has 2 aliphatic heterocycles. The zero-order valence-electron chi connectivity index (χ0n) is 11.9. The molecule has 4 nitrogen and oxygen atoms in total. The van der Waals surface area contributed by atoms with Crippen molar-refractivity contribution in [3.05, 3.63) is 0 Å². The molecule has 0 radical (unpaired) electrons. The van der Waals surface area contributed by atoms with Crippen molar-refractivity contribution in [1.29, 1.82) is 0 Å². The average molecular weight is 256 g/mol. The van der Waals surface area contributed by atoms with Gasteiger partial charge in [0.1, 0.15) is 0 Å². The zero-order chi connectivity index (χ0) is 13.0. The van der Waals surface area contributed by atoms with E-state index in [1.54, 1.807) is 0 Å². The molecule has 1 N–H and O–H groups in total. The van der Waals surface area contributed by atoms with Crippen molar-refractivity contribution in [3.8, 4) is 0 Å². The second-order valence-corrected chi connectivity index (χ2v) is 6.08. The zero-order valence-corrected chi connectivity index (χ0v) is 11.9. The van der Waals surface area contributed by atoms with E-state index in [2.05, 4.69) is 23.8 Å². The summed E-state index contributed by atoms with van der Waals surface area (Å²) in [6.45, 7) is 8.51. The summed E-state index contributed by atoms with van der Waals surface area (Å²) >= 11 is 0. The Labute approximate surface area is 111 Å². The van der Waals surface area contributed by atoms with Gasteiger partial charge in [-0.1, -0.05) is 6.92 Å². The van der Waals surface area contributed by atoms with Gasteiger partial charge in [0.25, 0.3) is 0 Å². The van der Waals surface area contributed by atoms with E-state index < -0.39 is 0 Å². The van der Waals surface area contributed by atoms with Crippen LogP contribution in [0.25, 0.3) is 0 Å². The van der Waals surface area contributed by atoms with Crippen LogP contribution in [0, 0.1) is 5.41 Å². The van der Waals surface area contributed by atoms with E-state index in [0.29, 0.717) is 6.04 Å². The summed E-state index contributed by atoms with van der Waals surface area (Å²) in [5.41, 5.74) is -0.00952. The maximum absolute atomic E-state index is 9.61. The first-order chi connectivity index (χ1) is 8.69. The summed E-state index contributed by atoms with van der Waals surface area (Å²) in [5.74, 6) is 0. The Kier molecular flexibility index (Phi) is 5.01. The van der Waals surface area contributed by atoms with Crippen molar-refractivity contribution in [2.24, 2.45) is 5.41 Å². The molecule has 2 unspecified atom stereocenters. The fourth-order valence-corrected chi connectivity index (χ4v) is 3.46. The molecule has 18 heavy (non-hydrogen) atoms. The predicted molar refractivity (Wildman–Crippen MR) is 72.7 cm³/mol. The molecule has 0 saturated carbocycles. The molecule has 0 spiro atoms. The Morgan fingerprint density at radius 2 is 2.33 bits per heavy atom. The van der Waals surface area contributed by atoms with Gasteiger partial charge in [-0.05, 0) is 39.4 Å². The quantitative estimate of drug-likeness (QED) is 0.762. The molecule has 0 aliphatic carbocycles. The van der Waals surface area contributed by atoms with Gasteiger partial charge in [-0.15, -0.1) is 0 Å². The Bertz CT molecular complexity index is 254. The fraction of sp³-hybridized carbons (Fsp3) is 1.00. The number of rotatable bonds is 6. The van der Waals surface area contributed by atoms with Gasteiger partial charge in [-0.2, -0.15) is 0 Å². The van der Waals surface area contributed by atoms with Crippen LogP contribution in [0.15, 0.2) is 0 Å². The average Bonchev–Trinajstić information content (AvgIpc) is 2.98. The van der Waals surface area contributed by atoms with E-state index in [4.69, 9.17) is 4.74 Å². The number of nitrogens with zero attached hydrogens (tertiary/aromatic N) is 2. The topological polar surface area (TPSA) is 35.9 Å². The van der Waals surface area contributed by atoms with E-state index in [1.165, 1.54) is 19.4 Å². The van der Waals surface area contributed by atoms with Gasteiger partial charge in [0, 0.05) is 31.2 Å². The normalized spacial score (nSPS) is 33.7. The second-order valence-electron chi connectivity index (χ2n) is 6.08. The minimum absolute atomic E-state index is 0.00952. The first-order valence-electron chi connectivity index (χ1n) is 7.30. The van der Waals surface area contributed by atoms with Crippen LogP contribution in [0.1, 0.15) is 26.2 Å². The van der Waals surface area contributed by atoms with Crippen LogP contribution >= 0.6 is 0 Å². The fourth-order valence-electron chi connectivity index (χ4n) is 3.46. The summed E-state index contributed by atoms with van der Waals surface area (Å²) in [5, 5.41) is 9.61. The minimum Gasteiger partial charge on any atom is -0.396 e. The van der Waals surface area contributed by atoms with E-state index in [1.807, 2.05) is 0 Å². The lowest BCUT2D eigenvalue weighted by Gasteiger charge is -2.33. The van der Waals surface area contributed by atoms with Crippen molar-refractivity contribution < 1.29 is 9.84 Å². The van der Waals surface area contributed by atoms with Crippen molar-refractivity contribution >= 4 is 0 Å². The second kappa shape index (κ2) is 6.33. The Morgan fingerprint density at radius 1 is 1.50 bits per heavy atom. The number of aliphatic hydroxyl groups is 1. The van der Waals surface area contributed by atoms with Crippen LogP contribution in [0.2, 0.25) is 0 Å². The number of aliphatic hydroxyl groups excluding tert-OH is 1. The summed E-state index contributed by atoms with van der Waals surface area (Å²) < 4.78 is 5.47. The van der Waals surface area contributed by atoms with Crippen LogP contribution in [-0.4, -0.2) is 74.0 Å². The van der Waals surface area contributed by atoms with Crippen LogP contribution in [-0.2, 0) is 4.74 Å². The molecular formula is C14H28N2O2. The number of ether oxygens (including phenoxy) is 1. The van der Waals surface area contributed by atoms with Crippen molar-refractivity contribution in [2.75, 3.05) is 53.0 Å². The third-order valence-corrected chi connectivity index (χ3v) is 4.55. The molecule has 106 valence electrons. The summed E-state index contributed by atoms with van der Waals surface area (Å²) in [6.07, 6.45) is 3.65. The highest BCUT2D eigenvalue weighted by Crippen LogP contribution is 2.29. The van der Waals surface area contributed by atoms with Crippen LogP contribution in [0.5, 0.6) is 0 Å². The predicted octanol–water partition coefficient (Wildman–Crippen LogP) is 0.802. The SMILES string of the molecule is CCN1CCCC1CN(C)CC1(CO)CCOC1. The molecule has 2 fully saturated rings. The van der Waals surface area contributed by atoms with Crippen LogP contribution in [0.3, 0.4) is 0 Å². The molecule has 0 aromatic rings. The maximum atomic E-state index is 9.61. The molecule has 2 rings (SSSR count). The van der Waals surface area contributed by atoms with E-state index in [-0.39, 0.29) is 12.0 Å². The lowest BCUT2D eigenvalue weighted by Crippen LogP contribution is -2.44. The Hall–Kier alpha value is -0.160. The summed E-state index contributed by atoms with van der Waals surface area (Å²) in [7, 11) is 2.18. The largest absolute Gasteiger partial charge is 0.396 e. The van der Waals surface area contributed by atoms with Gasteiger partial charge in [-0.3, -0.25) is 4.90 Å². The number of likely N-dealkylation sites (tertiary alicyclic amines) is 1. The highest BCUT2D eigenvalue weighted by molar-refractivity contribution is 4.87. The minimum atomic E-state index is -0.00952. The molecule has 2 heterocycles. The molecule has 0 aromatic heterocycles.